The van der Waals surface area contributed by atoms with Gasteiger partial charge >= 0.3 is 6.18 Å². The maximum absolute atomic E-state index is 13.3. The number of nitrogens with zero attached hydrogens (tertiary/aromatic N) is 4. The minimum absolute atomic E-state index is 0.00926. The summed E-state index contributed by atoms with van der Waals surface area (Å²) in [7, 11) is 3.45. The summed E-state index contributed by atoms with van der Waals surface area (Å²) in [5.74, 6) is -0.0482. The molecule has 1 aromatic carbocycles. The smallest absolute Gasteiger partial charge is 0.369 e. The minimum atomic E-state index is -4.50. The fraction of sp³-hybridized carbons (Fsp3) is 0.483. The van der Waals surface area contributed by atoms with Crippen molar-refractivity contribution in [3.8, 4) is 0 Å². The lowest BCUT2D eigenvalue weighted by Gasteiger charge is -2.33. The van der Waals surface area contributed by atoms with Crippen LogP contribution in [0.1, 0.15) is 71.2 Å². The predicted octanol–water partition coefficient (Wildman–Crippen LogP) is 5.95. The number of carbonyl (C=O) groups is 2. The third-order valence-corrected chi connectivity index (χ3v) is 8.79. The van der Waals surface area contributed by atoms with Crippen molar-refractivity contribution in [3.63, 3.8) is 0 Å². The average molecular weight is 561 g/mol. The van der Waals surface area contributed by atoms with Gasteiger partial charge < -0.3 is 14.7 Å². The lowest BCUT2D eigenvalue weighted by atomic mass is 9.87. The molecule has 0 radical (unpaired) electrons. The molecule has 4 rings (SSSR count). The Morgan fingerprint density at radius 2 is 1.87 bits per heavy atom. The molecule has 1 atom stereocenters. The van der Waals surface area contributed by atoms with Crippen LogP contribution in [0.25, 0.3) is 0 Å². The number of hydrogen-bond acceptors (Lipinski definition) is 5. The number of aromatic nitrogens is 1. The SMILES string of the molecule is C=C(/C=C(/C)N(C)CC(=O)N1CCC(c2nc(C(=O)N(C)[C@@H]3CCCc4ccccc43)cs2)CC1)C(F)(F)F. The molecule has 0 bridgehead atoms. The van der Waals surface area contributed by atoms with Crippen LogP contribution in [0.4, 0.5) is 13.2 Å². The molecule has 39 heavy (non-hydrogen) atoms. The molecule has 1 aliphatic carbocycles. The Morgan fingerprint density at radius 1 is 1.18 bits per heavy atom. The van der Waals surface area contributed by atoms with Crippen molar-refractivity contribution >= 4 is 23.2 Å². The van der Waals surface area contributed by atoms with E-state index in [0.29, 0.717) is 24.5 Å². The lowest BCUT2D eigenvalue weighted by Crippen LogP contribution is -2.42. The van der Waals surface area contributed by atoms with Crippen LogP contribution in [-0.4, -0.2) is 71.4 Å². The largest absolute Gasteiger partial charge is 0.415 e. The van der Waals surface area contributed by atoms with Gasteiger partial charge in [-0.05, 0) is 56.2 Å². The maximum Gasteiger partial charge on any atom is 0.415 e. The summed E-state index contributed by atoms with van der Waals surface area (Å²) in [5.41, 5.74) is 2.35. The molecule has 2 aliphatic rings. The number of rotatable bonds is 7. The average Bonchev–Trinajstić information content (AvgIpc) is 3.41. The quantitative estimate of drug-likeness (QED) is 0.393. The second-order valence-corrected chi connectivity index (χ2v) is 11.3. The zero-order valence-electron chi connectivity index (χ0n) is 22.6. The molecule has 0 saturated carbocycles. The third-order valence-electron chi connectivity index (χ3n) is 7.79. The van der Waals surface area contributed by atoms with Crippen molar-refractivity contribution < 1.29 is 22.8 Å². The number of likely N-dealkylation sites (N-methyl/N-ethyl adjacent to an activating group) is 1. The first-order valence-corrected chi connectivity index (χ1v) is 14.1. The van der Waals surface area contributed by atoms with Gasteiger partial charge in [0.1, 0.15) is 5.69 Å². The van der Waals surface area contributed by atoms with E-state index in [1.54, 1.807) is 11.9 Å². The molecule has 2 heterocycles. The van der Waals surface area contributed by atoms with Crippen LogP contribution in [0, 0.1) is 0 Å². The van der Waals surface area contributed by atoms with Gasteiger partial charge in [0, 0.05) is 44.2 Å². The topological polar surface area (TPSA) is 56.8 Å². The molecule has 0 spiro atoms. The molecule has 0 unspecified atom stereocenters. The van der Waals surface area contributed by atoms with E-state index in [1.165, 1.54) is 34.3 Å². The highest BCUT2D eigenvalue weighted by atomic mass is 32.1. The Hall–Kier alpha value is -3.14. The normalized spacial score (nSPS) is 18.5. The van der Waals surface area contributed by atoms with Crippen molar-refractivity contribution in [1.82, 2.24) is 19.7 Å². The second kappa shape index (κ2) is 11.9. The summed E-state index contributed by atoms with van der Waals surface area (Å²) >= 11 is 1.49. The van der Waals surface area contributed by atoms with Gasteiger partial charge in [0.05, 0.1) is 23.2 Å². The van der Waals surface area contributed by atoms with E-state index in [0.717, 1.165) is 43.2 Å². The van der Waals surface area contributed by atoms with Gasteiger partial charge in [-0.3, -0.25) is 9.59 Å². The monoisotopic (exact) mass is 560 g/mol. The van der Waals surface area contributed by atoms with E-state index in [9.17, 15) is 22.8 Å². The zero-order valence-corrected chi connectivity index (χ0v) is 23.4. The number of alkyl halides is 3. The van der Waals surface area contributed by atoms with Crippen LogP contribution in [0.15, 0.2) is 53.6 Å². The highest BCUT2D eigenvalue weighted by Gasteiger charge is 2.32. The maximum atomic E-state index is 13.3. The highest BCUT2D eigenvalue weighted by molar-refractivity contribution is 7.09. The number of likely N-dealkylation sites (tertiary alicyclic amines) is 1. The van der Waals surface area contributed by atoms with Crippen LogP contribution < -0.4 is 0 Å². The van der Waals surface area contributed by atoms with Crippen molar-refractivity contribution in [3.05, 3.63) is 75.4 Å². The third kappa shape index (κ3) is 6.72. The van der Waals surface area contributed by atoms with Crippen LogP contribution in [0.5, 0.6) is 0 Å². The Balaban J connectivity index is 1.31. The standard InChI is InChI=1S/C29H35F3N4O2S/c1-19(29(30,31)32)16-20(2)34(3)17-26(37)36-14-12-22(13-15-36)27-33-24(18-39-27)28(38)35(4)25-11-7-9-21-8-5-6-10-23(21)25/h5-6,8,10,16,18,22,25H,1,7,9,11-15,17H2,2-4H3/b20-16-/t25-/m1/s1. The number of piperidine rings is 1. The summed E-state index contributed by atoms with van der Waals surface area (Å²) in [6.45, 7) is 5.66. The summed E-state index contributed by atoms with van der Waals surface area (Å²) in [5, 5.41) is 2.74. The van der Waals surface area contributed by atoms with Gasteiger partial charge in [-0.15, -0.1) is 11.3 Å². The molecule has 0 N–H and O–H groups in total. The molecule has 10 heteroatoms. The van der Waals surface area contributed by atoms with E-state index in [-0.39, 0.29) is 30.3 Å². The first kappa shape index (κ1) is 28.9. The number of fused-ring (bicyclic) bond motifs is 1. The number of allylic oxidation sites excluding steroid dienone is 3. The van der Waals surface area contributed by atoms with E-state index < -0.39 is 11.7 Å². The molecule has 6 nitrogen and oxygen atoms in total. The van der Waals surface area contributed by atoms with Gasteiger partial charge in [-0.2, -0.15) is 13.2 Å². The molecule has 1 saturated heterocycles. The van der Waals surface area contributed by atoms with Gasteiger partial charge in [-0.1, -0.05) is 30.8 Å². The van der Waals surface area contributed by atoms with Crippen LogP contribution in [-0.2, 0) is 11.2 Å². The van der Waals surface area contributed by atoms with Crippen LogP contribution >= 0.6 is 11.3 Å². The van der Waals surface area contributed by atoms with Gasteiger partial charge in [0.2, 0.25) is 5.91 Å². The van der Waals surface area contributed by atoms with Crippen molar-refractivity contribution in [1.29, 1.82) is 0 Å². The molecule has 2 amide bonds. The number of hydrogen-bond donors (Lipinski definition) is 0. The molecule has 1 fully saturated rings. The summed E-state index contributed by atoms with van der Waals surface area (Å²) in [6.07, 6.45) is 0.926. The van der Waals surface area contributed by atoms with Gasteiger partial charge in [-0.25, -0.2) is 4.98 Å². The molecule has 2 aromatic rings. The molecule has 1 aromatic heterocycles. The second-order valence-electron chi connectivity index (χ2n) is 10.4. The molecule has 1 aliphatic heterocycles. The van der Waals surface area contributed by atoms with Crippen LogP contribution in [0.3, 0.4) is 0 Å². The number of halogens is 3. The summed E-state index contributed by atoms with van der Waals surface area (Å²) < 4.78 is 38.3. The van der Waals surface area contributed by atoms with Crippen molar-refractivity contribution in [2.24, 2.45) is 0 Å². The van der Waals surface area contributed by atoms with Gasteiger partial charge in [0.15, 0.2) is 0 Å². The van der Waals surface area contributed by atoms with Crippen LogP contribution in [0.2, 0.25) is 0 Å². The molecular formula is C29H35F3N4O2S. The van der Waals surface area contributed by atoms with E-state index in [4.69, 9.17) is 4.98 Å². The fourth-order valence-corrected chi connectivity index (χ4v) is 6.24. The zero-order chi connectivity index (χ0) is 28.3. The number of thiazole rings is 1. The molecule has 210 valence electrons. The molecular weight excluding hydrogens is 525 g/mol. The number of benzene rings is 1. The number of amides is 2. The van der Waals surface area contributed by atoms with Crippen molar-refractivity contribution in [2.75, 3.05) is 33.7 Å². The fourth-order valence-electron chi connectivity index (χ4n) is 5.27. The predicted molar refractivity (Wildman–Crippen MR) is 146 cm³/mol. The lowest BCUT2D eigenvalue weighted by molar-refractivity contribution is -0.132. The van der Waals surface area contributed by atoms with E-state index >= 15 is 0 Å². The minimum Gasteiger partial charge on any atom is -0.369 e. The summed E-state index contributed by atoms with van der Waals surface area (Å²) in [6, 6.07) is 8.36. The Bertz CT molecular complexity index is 1250. The van der Waals surface area contributed by atoms with Gasteiger partial charge in [0.25, 0.3) is 5.91 Å². The van der Waals surface area contributed by atoms with E-state index in [2.05, 4.69) is 18.7 Å². The first-order chi connectivity index (χ1) is 18.5. The van der Waals surface area contributed by atoms with E-state index in [1.807, 2.05) is 29.5 Å². The first-order valence-electron chi connectivity index (χ1n) is 13.2. The Kier molecular flexibility index (Phi) is 8.83. The number of carbonyl (C=O) groups excluding carboxylic acids is 2. The Labute approximate surface area is 231 Å². The summed E-state index contributed by atoms with van der Waals surface area (Å²) in [4.78, 5) is 35.9. The Morgan fingerprint density at radius 3 is 2.56 bits per heavy atom. The van der Waals surface area contributed by atoms with Crippen molar-refractivity contribution in [2.45, 2.75) is 57.2 Å². The highest BCUT2D eigenvalue weighted by Crippen LogP contribution is 2.35. The number of aryl methyl sites for hydroxylation is 1.